The van der Waals surface area contributed by atoms with Gasteiger partial charge in [-0.15, -0.1) is 0 Å². The van der Waals surface area contributed by atoms with E-state index >= 15 is 0 Å². The maximum atomic E-state index is 12.4. The Morgan fingerprint density at radius 2 is 1.74 bits per heavy atom. The first-order valence-electron chi connectivity index (χ1n) is 9.61. The molecule has 0 aliphatic rings. The van der Waals surface area contributed by atoms with Gasteiger partial charge >= 0.3 is 5.97 Å². The zero-order valence-corrected chi connectivity index (χ0v) is 18.3. The third kappa shape index (κ3) is 9.38. The van der Waals surface area contributed by atoms with Gasteiger partial charge in [-0.1, -0.05) is 44.4 Å². The van der Waals surface area contributed by atoms with Crippen LogP contribution in [0, 0.1) is 18.8 Å². The largest absolute Gasteiger partial charge is 0.460 e. The van der Waals surface area contributed by atoms with Gasteiger partial charge in [0.25, 0.3) is 10.1 Å². The van der Waals surface area contributed by atoms with Crippen molar-refractivity contribution in [1.29, 1.82) is 0 Å². The predicted octanol–water partition coefficient (Wildman–Crippen LogP) is 4.87. The van der Waals surface area contributed by atoms with E-state index in [0.29, 0.717) is 5.92 Å². The average Bonchev–Trinajstić information content (AvgIpc) is 2.51. The maximum Gasteiger partial charge on any atom is 0.306 e. The minimum absolute atomic E-state index is 0.0243. The first-order valence-corrected chi connectivity index (χ1v) is 11.0. The van der Waals surface area contributed by atoms with Crippen LogP contribution < -0.4 is 0 Å². The lowest BCUT2D eigenvalue weighted by molar-refractivity contribution is -0.156. The number of hydrogen-bond donors (Lipinski definition) is 0. The van der Waals surface area contributed by atoms with Gasteiger partial charge in [0.1, 0.15) is 5.60 Å². The van der Waals surface area contributed by atoms with Gasteiger partial charge in [0.05, 0.1) is 17.9 Å². The molecule has 0 amide bonds. The van der Waals surface area contributed by atoms with E-state index in [0.717, 1.165) is 24.8 Å². The number of esters is 1. The topological polar surface area (TPSA) is 69.7 Å². The molecule has 154 valence electrons. The molecule has 0 fully saturated rings. The zero-order valence-electron chi connectivity index (χ0n) is 17.4. The van der Waals surface area contributed by atoms with Crippen LogP contribution in [0.5, 0.6) is 0 Å². The van der Waals surface area contributed by atoms with Crippen LogP contribution in [0.2, 0.25) is 0 Å². The maximum absolute atomic E-state index is 12.4. The first-order chi connectivity index (χ1) is 12.4. The van der Waals surface area contributed by atoms with Crippen molar-refractivity contribution < 1.29 is 22.1 Å². The SMILES string of the molecule is CCCC(C)CC(COS(=O)(=O)c1ccc(C)cc1)CC(=O)OC(C)(C)C. The average molecular weight is 399 g/mol. The highest BCUT2D eigenvalue weighted by atomic mass is 32.2. The molecule has 0 radical (unpaired) electrons. The van der Waals surface area contributed by atoms with Crippen LogP contribution in [0.25, 0.3) is 0 Å². The molecule has 1 aromatic carbocycles. The van der Waals surface area contributed by atoms with Gasteiger partial charge in [-0.25, -0.2) is 0 Å². The second kappa shape index (κ2) is 10.2. The Labute approximate surface area is 164 Å². The Morgan fingerprint density at radius 3 is 2.26 bits per heavy atom. The second-order valence-electron chi connectivity index (χ2n) is 8.34. The molecule has 0 aromatic heterocycles. The molecule has 2 unspecified atom stereocenters. The number of ether oxygens (including phenoxy) is 1. The van der Waals surface area contributed by atoms with E-state index in [1.54, 1.807) is 12.1 Å². The Kier molecular flexibility index (Phi) is 8.95. The molecule has 6 heteroatoms. The Bertz CT molecular complexity index is 686. The third-order valence-electron chi connectivity index (χ3n) is 4.16. The van der Waals surface area contributed by atoms with Crippen molar-refractivity contribution in [3.8, 4) is 0 Å². The van der Waals surface area contributed by atoms with Gasteiger partial charge in [0, 0.05) is 0 Å². The fourth-order valence-electron chi connectivity index (χ4n) is 2.97. The fraction of sp³-hybridized carbons (Fsp3) is 0.667. The Morgan fingerprint density at radius 1 is 1.15 bits per heavy atom. The molecule has 0 heterocycles. The van der Waals surface area contributed by atoms with Crippen LogP contribution >= 0.6 is 0 Å². The standard InChI is InChI=1S/C21H34O5S/c1-7-8-17(3)13-18(14-20(22)26-21(4,5)6)15-25-27(23,24)19-11-9-16(2)10-12-19/h9-12,17-18H,7-8,13-15H2,1-6H3. The highest BCUT2D eigenvalue weighted by Crippen LogP contribution is 2.24. The van der Waals surface area contributed by atoms with Crippen molar-refractivity contribution in [1.82, 2.24) is 0 Å². The summed E-state index contributed by atoms with van der Waals surface area (Å²) >= 11 is 0. The highest BCUT2D eigenvalue weighted by Gasteiger charge is 2.25. The van der Waals surface area contributed by atoms with Gasteiger partial charge in [-0.2, -0.15) is 8.42 Å². The molecule has 0 aliphatic carbocycles. The zero-order chi connectivity index (χ0) is 20.7. The fourth-order valence-corrected chi connectivity index (χ4v) is 3.94. The molecule has 1 aromatic rings. The Hall–Kier alpha value is -1.40. The molecule has 27 heavy (non-hydrogen) atoms. The molecule has 0 spiro atoms. The summed E-state index contributed by atoms with van der Waals surface area (Å²) in [7, 11) is -3.84. The number of benzene rings is 1. The summed E-state index contributed by atoms with van der Waals surface area (Å²) < 4.78 is 35.6. The summed E-state index contributed by atoms with van der Waals surface area (Å²) in [6.45, 7) is 11.5. The van der Waals surface area contributed by atoms with E-state index in [2.05, 4.69) is 13.8 Å². The molecule has 1 rings (SSSR count). The monoisotopic (exact) mass is 398 g/mol. The molecule has 5 nitrogen and oxygen atoms in total. The number of rotatable bonds is 10. The third-order valence-corrected chi connectivity index (χ3v) is 5.46. The van der Waals surface area contributed by atoms with E-state index < -0.39 is 15.7 Å². The van der Waals surface area contributed by atoms with Crippen LogP contribution in [-0.4, -0.2) is 26.6 Å². The lowest BCUT2D eigenvalue weighted by atomic mass is 9.91. The molecule has 0 saturated heterocycles. The quantitative estimate of drug-likeness (QED) is 0.415. The summed E-state index contributed by atoms with van der Waals surface area (Å²) in [5, 5.41) is 0. The van der Waals surface area contributed by atoms with E-state index in [1.165, 1.54) is 12.1 Å². The molecular weight excluding hydrogens is 364 g/mol. The van der Waals surface area contributed by atoms with Gasteiger partial charge in [-0.3, -0.25) is 8.98 Å². The van der Waals surface area contributed by atoms with Crippen molar-refractivity contribution >= 4 is 16.1 Å². The molecule has 0 saturated carbocycles. The van der Waals surface area contributed by atoms with Gasteiger partial charge in [0.15, 0.2) is 0 Å². The summed E-state index contributed by atoms with van der Waals surface area (Å²) in [4.78, 5) is 12.3. The normalized spacial score (nSPS) is 14.6. The molecular formula is C21H34O5S. The van der Waals surface area contributed by atoms with Crippen molar-refractivity contribution in [3.63, 3.8) is 0 Å². The minimum atomic E-state index is -3.84. The summed E-state index contributed by atoms with van der Waals surface area (Å²) in [5.74, 6) is -0.151. The van der Waals surface area contributed by atoms with Gasteiger partial charge in [0.2, 0.25) is 0 Å². The van der Waals surface area contributed by atoms with Crippen molar-refractivity contribution in [2.75, 3.05) is 6.61 Å². The molecule has 0 aliphatic heterocycles. The summed E-state index contributed by atoms with van der Waals surface area (Å²) in [6, 6.07) is 6.54. The van der Waals surface area contributed by atoms with Crippen LogP contribution in [-0.2, 0) is 23.8 Å². The molecule has 0 bridgehead atoms. The second-order valence-corrected chi connectivity index (χ2v) is 9.95. The predicted molar refractivity (Wildman–Crippen MR) is 107 cm³/mol. The van der Waals surface area contributed by atoms with Crippen molar-refractivity contribution in [2.24, 2.45) is 11.8 Å². The lowest BCUT2D eigenvalue weighted by Crippen LogP contribution is -2.27. The lowest BCUT2D eigenvalue weighted by Gasteiger charge is -2.23. The van der Waals surface area contributed by atoms with Crippen molar-refractivity contribution in [3.05, 3.63) is 29.8 Å². The van der Waals surface area contributed by atoms with E-state index in [-0.39, 0.29) is 29.8 Å². The van der Waals surface area contributed by atoms with Crippen LogP contribution in [0.4, 0.5) is 0 Å². The Balaban J connectivity index is 2.80. The van der Waals surface area contributed by atoms with Crippen LogP contribution in [0.15, 0.2) is 29.2 Å². The smallest absolute Gasteiger partial charge is 0.306 e. The number of carbonyl (C=O) groups is 1. The number of aryl methyl sites for hydroxylation is 1. The van der Waals surface area contributed by atoms with Crippen molar-refractivity contribution in [2.45, 2.75) is 77.7 Å². The first kappa shape index (κ1) is 23.6. The number of hydrogen-bond acceptors (Lipinski definition) is 5. The minimum Gasteiger partial charge on any atom is -0.460 e. The molecule has 0 N–H and O–H groups in total. The molecule has 2 atom stereocenters. The van der Waals surface area contributed by atoms with Gasteiger partial charge < -0.3 is 4.74 Å². The van der Waals surface area contributed by atoms with E-state index in [9.17, 15) is 13.2 Å². The summed E-state index contributed by atoms with van der Waals surface area (Å²) in [5.41, 5.74) is 0.413. The number of carbonyl (C=O) groups excluding carboxylic acids is 1. The van der Waals surface area contributed by atoms with Gasteiger partial charge in [-0.05, 0) is 58.1 Å². The van der Waals surface area contributed by atoms with Crippen LogP contribution in [0.1, 0.15) is 65.9 Å². The van der Waals surface area contributed by atoms with Crippen LogP contribution in [0.3, 0.4) is 0 Å². The van der Waals surface area contributed by atoms with E-state index in [1.807, 2.05) is 27.7 Å². The van der Waals surface area contributed by atoms with E-state index in [4.69, 9.17) is 8.92 Å². The highest BCUT2D eigenvalue weighted by molar-refractivity contribution is 7.86. The summed E-state index contributed by atoms with van der Waals surface area (Å²) in [6.07, 6.45) is 2.93.